The molecular formula is C27H39N3O4. The fourth-order valence-electron chi connectivity index (χ4n) is 5.45. The highest BCUT2D eigenvalue weighted by Gasteiger charge is 2.35. The number of hydrogen-bond acceptors (Lipinski definition) is 5. The Balaban J connectivity index is 1.61. The van der Waals surface area contributed by atoms with E-state index in [-0.39, 0.29) is 42.4 Å². The smallest absolute Gasteiger partial charge is 0.259 e. The highest BCUT2D eigenvalue weighted by atomic mass is 16.5. The van der Waals surface area contributed by atoms with Crippen LogP contribution in [0.2, 0.25) is 0 Å². The molecule has 0 bridgehead atoms. The van der Waals surface area contributed by atoms with Gasteiger partial charge in [0.25, 0.3) is 5.91 Å². The van der Waals surface area contributed by atoms with Crippen molar-refractivity contribution in [2.24, 2.45) is 11.8 Å². The number of nitrogens with zero attached hydrogens (tertiary/aromatic N) is 3. The molecule has 4 rings (SSSR count). The minimum atomic E-state index is -0.322. The number of aromatic nitrogens is 1. The summed E-state index contributed by atoms with van der Waals surface area (Å²) in [6.45, 7) is 4.68. The van der Waals surface area contributed by atoms with Crippen LogP contribution in [0.4, 0.5) is 0 Å². The molecule has 2 amide bonds. The molecule has 186 valence electrons. The maximum absolute atomic E-state index is 13.6. The van der Waals surface area contributed by atoms with Crippen LogP contribution in [-0.2, 0) is 4.79 Å². The van der Waals surface area contributed by atoms with Crippen molar-refractivity contribution in [1.29, 1.82) is 0 Å². The van der Waals surface area contributed by atoms with E-state index in [1.807, 2.05) is 27.0 Å². The van der Waals surface area contributed by atoms with E-state index < -0.39 is 0 Å². The first-order valence-corrected chi connectivity index (χ1v) is 12.9. The van der Waals surface area contributed by atoms with E-state index in [0.29, 0.717) is 24.5 Å². The lowest BCUT2D eigenvalue weighted by atomic mass is 9.88. The van der Waals surface area contributed by atoms with Gasteiger partial charge in [-0.15, -0.1) is 0 Å². The van der Waals surface area contributed by atoms with Crippen LogP contribution in [-0.4, -0.2) is 70.6 Å². The molecule has 1 aromatic rings. The van der Waals surface area contributed by atoms with E-state index in [0.717, 1.165) is 50.5 Å². The van der Waals surface area contributed by atoms with Crippen molar-refractivity contribution in [1.82, 2.24) is 14.8 Å². The van der Waals surface area contributed by atoms with Crippen molar-refractivity contribution in [3.05, 3.63) is 29.5 Å². The molecule has 1 saturated carbocycles. The zero-order valence-electron chi connectivity index (χ0n) is 20.8. The fraction of sp³-hybridized carbons (Fsp3) is 0.667. The Morgan fingerprint density at radius 3 is 2.74 bits per heavy atom. The number of allylic oxidation sites excluding steroid dienone is 2. The van der Waals surface area contributed by atoms with Gasteiger partial charge in [0, 0.05) is 31.6 Å². The molecule has 0 saturated heterocycles. The SMILES string of the molecule is C[C@H]1CN([C@@H](C)CO)C(=O)c2cc(C3=CCCC3)cnc2O[C@H]1CN(C)C(=O)C1CCCCC1. The second-order valence-corrected chi connectivity index (χ2v) is 10.4. The van der Waals surface area contributed by atoms with Gasteiger partial charge >= 0.3 is 0 Å². The molecule has 7 nitrogen and oxygen atoms in total. The molecule has 0 radical (unpaired) electrons. The topological polar surface area (TPSA) is 83.0 Å². The molecule has 3 aliphatic rings. The van der Waals surface area contributed by atoms with Gasteiger partial charge < -0.3 is 19.6 Å². The molecule has 0 aromatic carbocycles. The summed E-state index contributed by atoms with van der Waals surface area (Å²) in [5, 5.41) is 9.85. The van der Waals surface area contributed by atoms with E-state index in [1.54, 1.807) is 16.0 Å². The highest BCUT2D eigenvalue weighted by Crippen LogP contribution is 2.33. The fourth-order valence-corrected chi connectivity index (χ4v) is 5.45. The Morgan fingerprint density at radius 1 is 1.29 bits per heavy atom. The Labute approximate surface area is 203 Å². The quantitative estimate of drug-likeness (QED) is 0.683. The molecule has 2 aliphatic carbocycles. The van der Waals surface area contributed by atoms with Crippen LogP contribution >= 0.6 is 0 Å². The van der Waals surface area contributed by atoms with Crippen LogP contribution in [0.3, 0.4) is 0 Å². The maximum Gasteiger partial charge on any atom is 0.259 e. The second kappa shape index (κ2) is 10.9. The molecule has 34 heavy (non-hydrogen) atoms. The molecule has 1 aliphatic heterocycles. The number of ether oxygens (including phenoxy) is 1. The van der Waals surface area contributed by atoms with Crippen molar-refractivity contribution in [2.75, 3.05) is 26.7 Å². The normalized spacial score (nSPS) is 24.5. The third-order valence-corrected chi connectivity index (χ3v) is 7.72. The van der Waals surface area contributed by atoms with Gasteiger partial charge in [-0.05, 0) is 56.2 Å². The summed E-state index contributed by atoms with van der Waals surface area (Å²) in [6, 6.07) is 1.57. The van der Waals surface area contributed by atoms with E-state index >= 15 is 0 Å². The number of aliphatic hydroxyl groups is 1. The van der Waals surface area contributed by atoms with Crippen LogP contribution in [0, 0.1) is 11.8 Å². The highest BCUT2D eigenvalue weighted by molar-refractivity contribution is 5.97. The zero-order valence-corrected chi connectivity index (χ0v) is 20.8. The predicted octanol–water partition coefficient (Wildman–Crippen LogP) is 3.91. The predicted molar refractivity (Wildman–Crippen MR) is 131 cm³/mol. The molecule has 0 spiro atoms. The molecular weight excluding hydrogens is 430 g/mol. The molecule has 2 heterocycles. The van der Waals surface area contributed by atoms with Gasteiger partial charge in [0.05, 0.1) is 19.2 Å². The maximum atomic E-state index is 13.6. The van der Waals surface area contributed by atoms with Gasteiger partial charge in [-0.1, -0.05) is 32.3 Å². The molecule has 1 aromatic heterocycles. The molecule has 0 unspecified atom stereocenters. The standard InChI is InChI=1S/C27H39N3O4/c1-18-15-30(19(2)17-31)27(33)23-13-22(20-9-7-8-10-20)14-28-25(23)34-24(18)16-29(3)26(32)21-11-5-4-6-12-21/h9,13-14,18-19,21,24,31H,4-8,10-12,15-17H2,1-3H3/t18-,19-,24-/m0/s1. The summed E-state index contributed by atoms with van der Waals surface area (Å²) in [4.78, 5) is 34.8. The number of rotatable bonds is 6. The van der Waals surface area contributed by atoms with Crippen LogP contribution in [0.1, 0.15) is 81.1 Å². The minimum absolute atomic E-state index is 0.0354. The Kier molecular flexibility index (Phi) is 7.91. The number of aliphatic hydroxyl groups excluding tert-OH is 1. The number of likely N-dealkylation sites (N-methyl/N-ethyl adjacent to an activating group) is 1. The number of fused-ring (bicyclic) bond motifs is 1. The summed E-state index contributed by atoms with van der Waals surface area (Å²) in [5.74, 6) is 0.402. The molecule has 7 heteroatoms. The number of carbonyl (C=O) groups is 2. The number of pyridine rings is 1. The average molecular weight is 470 g/mol. The Morgan fingerprint density at radius 2 is 2.06 bits per heavy atom. The average Bonchev–Trinajstić information content (AvgIpc) is 3.40. The lowest BCUT2D eigenvalue weighted by Crippen LogP contribution is -2.51. The lowest BCUT2D eigenvalue weighted by molar-refractivity contribution is -0.136. The van der Waals surface area contributed by atoms with Crippen LogP contribution in [0.25, 0.3) is 5.57 Å². The van der Waals surface area contributed by atoms with Gasteiger partial charge in [-0.3, -0.25) is 9.59 Å². The van der Waals surface area contributed by atoms with Crippen LogP contribution < -0.4 is 4.74 Å². The van der Waals surface area contributed by atoms with Crippen molar-refractivity contribution < 1.29 is 19.4 Å². The lowest BCUT2D eigenvalue weighted by Gasteiger charge is -2.38. The first-order valence-electron chi connectivity index (χ1n) is 12.9. The van der Waals surface area contributed by atoms with Crippen molar-refractivity contribution >= 4 is 17.4 Å². The first-order chi connectivity index (χ1) is 16.4. The zero-order chi connectivity index (χ0) is 24.2. The van der Waals surface area contributed by atoms with E-state index in [9.17, 15) is 14.7 Å². The number of carbonyl (C=O) groups excluding carboxylic acids is 2. The van der Waals surface area contributed by atoms with E-state index in [4.69, 9.17) is 4.74 Å². The van der Waals surface area contributed by atoms with Crippen LogP contribution in [0.5, 0.6) is 5.88 Å². The largest absolute Gasteiger partial charge is 0.472 e. The van der Waals surface area contributed by atoms with Gasteiger partial charge in [0.2, 0.25) is 11.8 Å². The first kappa shape index (κ1) is 24.7. The Bertz CT molecular complexity index is 924. The second-order valence-electron chi connectivity index (χ2n) is 10.4. The summed E-state index contributed by atoms with van der Waals surface area (Å²) in [7, 11) is 1.86. The molecule has 1 N–H and O–H groups in total. The van der Waals surface area contributed by atoms with Crippen molar-refractivity contribution in [3.63, 3.8) is 0 Å². The minimum Gasteiger partial charge on any atom is -0.472 e. The van der Waals surface area contributed by atoms with Gasteiger partial charge in [0.15, 0.2) is 0 Å². The van der Waals surface area contributed by atoms with Crippen molar-refractivity contribution in [3.8, 4) is 5.88 Å². The molecule has 1 fully saturated rings. The van der Waals surface area contributed by atoms with Gasteiger partial charge in [-0.2, -0.15) is 0 Å². The molecule has 3 atom stereocenters. The number of hydrogen-bond donors (Lipinski definition) is 1. The monoisotopic (exact) mass is 469 g/mol. The van der Waals surface area contributed by atoms with E-state index in [2.05, 4.69) is 11.1 Å². The van der Waals surface area contributed by atoms with Crippen molar-refractivity contribution in [2.45, 2.75) is 77.4 Å². The van der Waals surface area contributed by atoms with Crippen LogP contribution in [0.15, 0.2) is 18.3 Å². The van der Waals surface area contributed by atoms with Gasteiger partial charge in [-0.25, -0.2) is 4.98 Å². The summed E-state index contributed by atoms with van der Waals surface area (Å²) < 4.78 is 6.37. The third-order valence-electron chi connectivity index (χ3n) is 7.72. The van der Waals surface area contributed by atoms with Gasteiger partial charge in [0.1, 0.15) is 11.7 Å². The summed E-state index contributed by atoms with van der Waals surface area (Å²) in [6.07, 6.45) is 12.2. The number of amides is 2. The third kappa shape index (κ3) is 5.29. The Hall–Kier alpha value is -2.41. The summed E-state index contributed by atoms with van der Waals surface area (Å²) >= 11 is 0. The van der Waals surface area contributed by atoms with E-state index in [1.165, 1.54) is 12.0 Å². The summed E-state index contributed by atoms with van der Waals surface area (Å²) in [5.41, 5.74) is 2.61.